The molecular weight excluding hydrogens is 925 g/mol. The molecule has 2 aromatic carbocycles. The molecule has 6 heterocycles. The van der Waals surface area contributed by atoms with Gasteiger partial charge in [-0.2, -0.15) is 20.2 Å². The van der Waals surface area contributed by atoms with E-state index >= 15 is 0 Å². The third-order valence-electron chi connectivity index (χ3n) is 10.9. The topological polar surface area (TPSA) is 279 Å². The van der Waals surface area contributed by atoms with Gasteiger partial charge in [0.25, 0.3) is 0 Å². The molecule has 2 aliphatic rings. The van der Waals surface area contributed by atoms with E-state index in [1.807, 2.05) is 12.1 Å². The summed E-state index contributed by atoms with van der Waals surface area (Å²) in [7, 11) is -5.66. The maximum absolute atomic E-state index is 12.8. The van der Waals surface area contributed by atoms with Crippen LogP contribution in [-0.4, -0.2) is 163 Å². The first-order valence-corrected chi connectivity index (χ1v) is 26.5. The number of carbonyl (C=O) groups excluding carboxylic acids is 1. The first-order chi connectivity index (χ1) is 33.4. The van der Waals surface area contributed by atoms with Crippen LogP contribution in [0.5, 0.6) is 0 Å². The molecule has 2 atom stereocenters. The molecule has 7 N–H and O–H groups in total. The Morgan fingerprint density at radius 3 is 1.57 bits per heavy atom. The number of rotatable bonds is 19. The number of nitrogens with zero attached hydrogens (tertiary/aromatic N) is 9. The Morgan fingerprint density at radius 1 is 0.710 bits per heavy atom. The van der Waals surface area contributed by atoms with Crippen LogP contribution in [0.4, 0.5) is 39.7 Å². The fourth-order valence-corrected chi connectivity index (χ4v) is 8.96. The van der Waals surface area contributed by atoms with Gasteiger partial charge in [0.2, 0.25) is 11.9 Å². The number of anilines is 6. The van der Waals surface area contributed by atoms with Gasteiger partial charge in [-0.25, -0.2) is 28.0 Å². The standard InChI is InChI=1S/C24H32N8O4S.C21H28N8O2S/c1-3-36-24(33)31-37(2,34)19-7-5-18(6-8-19)28-23-26-17-20(21-9-11-27-30-21)22(29-23)25-10-4-12-32-13-15-35-16-14-32;1-32(22,30)17-5-3-16(4-6-17)26-21-24-15-18(19-7-9-25-28-19)20(27-21)23-8-2-10-29-11-13-31-14-12-29/h5-9,11,17H,3-4,10,12-16H2,1-2H3,(H,27,30)(H2,25,26,28,29);3-7,9,15,22H,2,8,10-14H2,1H3,(H,25,28)(H2,23,24,26,27). The molecule has 4 aromatic heterocycles. The zero-order chi connectivity index (χ0) is 48.5. The van der Waals surface area contributed by atoms with E-state index < -0.39 is 25.6 Å². The number of benzene rings is 2. The lowest BCUT2D eigenvalue weighted by Gasteiger charge is -2.26. The second-order valence-electron chi connectivity index (χ2n) is 16.1. The van der Waals surface area contributed by atoms with Gasteiger partial charge in [0.15, 0.2) is 0 Å². The summed E-state index contributed by atoms with van der Waals surface area (Å²) in [4.78, 5) is 35.6. The molecule has 0 spiro atoms. The summed E-state index contributed by atoms with van der Waals surface area (Å²) in [5, 5.41) is 27.2. The van der Waals surface area contributed by atoms with Crippen LogP contribution in [0.25, 0.3) is 22.5 Å². The first kappa shape index (κ1) is 50.3. The van der Waals surface area contributed by atoms with E-state index in [4.69, 9.17) is 19.0 Å². The summed E-state index contributed by atoms with van der Waals surface area (Å²) in [6.45, 7) is 12.4. The van der Waals surface area contributed by atoms with E-state index in [-0.39, 0.29) is 6.61 Å². The van der Waals surface area contributed by atoms with Gasteiger partial charge in [0.05, 0.1) is 75.0 Å². The number of morpholine rings is 2. The largest absolute Gasteiger partial charge is 0.448 e. The molecule has 2 saturated heterocycles. The molecule has 0 radical (unpaired) electrons. The number of carbonyl (C=O) groups is 1. The molecule has 0 bridgehead atoms. The molecule has 368 valence electrons. The molecule has 0 aliphatic carbocycles. The van der Waals surface area contributed by atoms with Crippen LogP contribution < -0.4 is 21.3 Å². The third kappa shape index (κ3) is 15.2. The summed E-state index contributed by atoms with van der Waals surface area (Å²) >= 11 is 0. The highest BCUT2D eigenvalue weighted by Crippen LogP contribution is 2.28. The average Bonchev–Trinajstić information content (AvgIpc) is 4.10. The maximum atomic E-state index is 12.8. The Balaban J connectivity index is 0.000000206. The summed E-state index contributed by atoms with van der Waals surface area (Å²) < 4.78 is 51.7. The van der Waals surface area contributed by atoms with Crippen LogP contribution in [-0.2, 0) is 33.7 Å². The van der Waals surface area contributed by atoms with Crippen molar-refractivity contribution in [2.45, 2.75) is 29.6 Å². The quantitative estimate of drug-likeness (QED) is 0.0449. The van der Waals surface area contributed by atoms with Crippen LogP contribution >= 0.6 is 0 Å². The number of aromatic nitrogens is 8. The molecule has 2 unspecified atom stereocenters. The second-order valence-corrected chi connectivity index (χ2v) is 20.5. The lowest BCUT2D eigenvalue weighted by atomic mass is 10.2. The number of amides is 1. The highest BCUT2D eigenvalue weighted by molar-refractivity contribution is 7.93. The van der Waals surface area contributed by atoms with Gasteiger partial charge < -0.3 is 35.5 Å². The number of H-pyrrole nitrogens is 2. The Hall–Kier alpha value is -6.57. The van der Waals surface area contributed by atoms with Crippen molar-refractivity contribution >= 4 is 60.5 Å². The molecule has 8 rings (SSSR count). The van der Waals surface area contributed by atoms with E-state index in [0.29, 0.717) is 39.0 Å². The lowest BCUT2D eigenvalue weighted by molar-refractivity contribution is 0.0378. The van der Waals surface area contributed by atoms with E-state index in [0.717, 1.165) is 120 Å². The van der Waals surface area contributed by atoms with Crippen LogP contribution in [0, 0.1) is 4.78 Å². The molecule has 0 saturated carbocycles. The fraction of sp³-hybridized carbons (Fsp3) is 0.400. The van der Waals surface area contributed by atoms with Crippen molar-refractivity contribution in [1.29, 1.82) is 4.78 Å². The molecule has 22 nitrogen and oxygen atoms in total. The van der Waals surface area contributed by atoms with Crippen LogP contribution in [0.1, 0.15) is 19.8 Å². The molecule has 2 aliphatic heterocycles. The summed E-state index contributed by atoms with van der Waals surface area (Å²) in [6, 6.07) is 17.4. The van der Waals surface area contributed by atoms with Crippen molar-refractivity contribution < 1.29 is 27.4 Å². The number of aromatic amines is 2. The highest BCUT2D eigenvalue weighted by atomic mass is 32.2. The van der Waals surface area contributed by atoms with E-state index in [1.54, 1.807) is 80.2 Å². The van der Waals surface area contributed by atoms with Crippen molar-refractivity contribution in [3.05, 3.63) is 85.5 Å². The van der Waals surface area contributed by atoms with Gasteiger partial charge >= 0.3 is 6.09 Å². The van der Waals surface area contributed by atoms with Crippen molar-refractivity contribution in [3.8, 4) is 22.5 Å². The minimum absolute atomic E-state index is 0.171. The predicted molar refractivity (Wildman–Crippen MR) is 266 cm³/mol. The number of nitrogens with one attached hydrogen (secondary N) is 7. The molecule has 2 fully saturated rings. The predicted octanol–water partition coefficient (Wildman–Crippen LogP) is 6.14. The Morgan fingerprint density at radius 2 is 1.16 bits per heavy atom. The van der Waals surface area contributed by atoms with Crippen molar-refractivity contribution in [3.63, 3.8) is 0 Å². The zero-order valence-corrected chi connectivity index (χ0v) is 40.6. The van der Waals surface area contributed by atoms with Gasteiger partial charge in [-0.15, -0.1) is 4.36 Å². The number of hydrogen-bond acceptors (Lipinski definition) is 19. The maximum Gasteiger partial charge on any atom is 0.442 e. The molecular formula is C45H60N16O6S2. The van der Waals surface area contributed by atoms with Crippen molar-refractivity contribution in [1.82, 2.24) is 50.1 Å². The van der Waals surface area contributed by atoms with E-state index in [1.165, 1.54) is 12.5 Å². The van der Waals surface area contributed by atoms with Crippen LogP contribution in [0.3, 0.4) is 0 Å². The Kier molecular flexibility index (Phi) is 18.0. The first-order valence-electron chi connectivity index (χ1n) is 22.6. The summed E-state index contributed by atoms with van der Waals surface area (Å²) in [6.07, 6.45) is 10.8. The minimum atomic E-state index is -2.92. The third-order valence-corrected chi connectivity index (χ3v) is 13.7. The minimum Gasteiger partial charge on any atom is -0.448 e. The highest BCUT2D eigenvalue weighted by Gasteiger charge is 2.16. The molecule has 24 heteroatoms. The van der Waals surface area contributed by atoms with Crippen LogP contribution in [0.15, 0.2) is 99.6 Å². The lowest BCUT2D eigenvalue weighted by Crippen LogP contribution is -2.37. The summed E-state index contributed by atoms with van der Waals surface area (Å²) in [5.74, 6) is 2.25. The molecule has 6 aromatic rings. The van der Waals surface area contributed by atoms with Gasteiger partial charge in [-0.3, -0.25) is 20.0 Å². The monoisotopic (exact) mass is 984 g/mol. The van der Waals surface area contributed by atoms with Crippen LogP contribution in [0.2, 0.25) is 0 Å². The zero-order valence-electron chi connectivity index (χ0n) is 39.0. The Bertz CT molecular complexity index is 2780. The van der Waals surface area contributed by atoms with Crippen molar-refractivity contribution in [2.75, 3.05) is 119 Å². The summed E-state index contributed by atoms with van der Waals surface area (Å²) in [5.41, 5.74) is 4.76. The molecule has 1 amide bonds. The SMILES string of the molecule is CCOC(=O)N=S(C)(=O)c1ccc(Nc2ncc(-c3ccn[nH]3)c(NCCCN3CCOCC3)n2)cc1.CS(=N)(=O)c1ccc(Nc2ncc(-c3ccn[nH]3)c(NCCCN3CCOCC3)n2)cc1. The Labute approximate surface area is 402 Å². The van der Waals surface area contributed by atoms with E-state index in [2.05, 4.69) is 75.8 Å². The second kappa shape index (κ2) is 24.6. The average molecular weight is 985 g/mol. The van der Waals surface area contributed by atoms with Gasteiger partial charge in [0, 0.05) is 97.7 Å². The smallest absolute Gasteiger partial charge is 0.442 e. The van der Waals surface area contributed by atoms with Crippen molar-refractivity contribution in [2.24, 2.45) is 4.36 Å². The van der Waals surface area contributed by atoms with Gasteiger partial charge in [-0.1, -0.05) is 0 Å². The normalized spacial score (nSPS) is 15.9. The van der Waals surface area contributed by atoms with E-state index in [9.17, 15) is 13.2 Å². The molecule has 69 heavy (non-hydrogen) atoms. The van der Waals surface area contributed by atoms with Gasteiger partial charge in [0.1, 0.15) is 11.6 Å². The van der Waals surface area contributed by atoms with Gasteiger partial charge in [-0.05, 0) is 93.5 Å². The number of ether oxygens (including phenoxy) is 3. The number of hydrogen-bond donors (Lipinski definition) is 7. The fourth-order valence-electron chi connectivity index (χ4n) is 7.22.